The fourth-order valence-electron chi connectivity index (χ4n) is 0.998. The summed E-state index contributed by atoms with van der Waals surface area (Å²) in [5.41, 5.74) is 1.20. The molecule has 1 heterocycles. The van der Waals surface area contributed by atoms with Crippen LogP contribution in [0.4, 0.5) is 0 Å². The third kappa shape index (κ3) is 4.03. The van der Waals surface area contributed by atoms with E-state index in [2.05, 4.69) is 14.4 Å². The van der Waals surface area contributed by atoms with Crippen molar-refractivity contribution in [1.29, 1.82) is 0 Å². The SMILES string of the molecule is CSc1ncc(C(C)=NS(=O)C(C)(C)C)c(Cl)n1. The van der Waals surface area contributed by atoms with Crippen molar-refractivity contribution in [3.63, 3.8) is 0 Å². The predicted octanol–water partition coefficient (Wildman–Crippen LogP) is 3.12. The summed E-state index contributed by atoms with van der Waals surface area (Å²) in [6, 6.07) is 0. The lowest BCUT2D eigenvalue weighted by atomic mass is 10.2. The highest BCUT2D eigenvalue weighted by Crippen LogP contribution is 2.19. The molecular weight excluding hydrogens is 290 g/mol. The standard InChI is InChI=1S/C11H16ClN3OS2/c1-7(15-18(16)11(2,3)4)8-6-13-10(17-5)14-9(8)12/h6H,1-5H3. The number of hydrogen-bond acceptors (Lipinski definition) is 4. The number of rotatable bonds is 3. The van der Waals surface area contributed by atoms with E-state index >= 15 is 0 Å². The van der Waals surface area contributed by atoms with Crippen molar-refractivity contribution in [1.82, 2.24) is 9.97 Å². The molecule has 7 heteroatoms. The van der Waals surface area contributed by atoms with Crippen molar-refractivity contribution in [3.05, 3.63) is 16.9 Å². The molecule has 0 amide bonds. The topological polar surface area (TPSA) is 55.2 Å². The Balaban J connectivity index is 3.08. The quantitative estimate of drug-likeness (QED) is 0.373. The van der Waals surface area contributed by atoms with Gasteiger partial charge in [-0.3, -0.25) is 0 Å². The summed E-state index contributed by atoms with van der Waals surface area (Å²) in [6.07, 6.45) is 3.49. The summed E-state index contributed by atoms with van der Waals surface area (Å²) in [4.78, 5) is 8.26. The summed E-state index contributed by atoms with van der Waals surface area (Å²) in [7, 11) is -1.31. The number of thioether (sulfide) groups is 1. The minimum atomic E-state index is -1.31. The molecule has 1 aromatic heterocycles. The van der Waals surface area contributed by atoms with Gasteiger partial charge < -0.3 is 0 Å². The fourth-order valence-corrected chi connectivity index (χ4v) is 2.27. The van der Waals surface area contributed by atoms with Gasteiger partial charge in [0, 0.05) is 6.20 Å². The molecular formula is C11H16ClN3OS2. The minimum absolute atomic E-state index is 0.335. The molecule has 0 spiro atoms. The van der Waals surface area contributed by atoms with Gasteiger partial charge in [-0.25, -0.2) is 14.2 Å². The van der Waals surface area contributed by atoms with Crippen molar-refractivity contribution >= 4 is 40.1 Å². The Bertz CT molecular complexity index is 498. The lowest BCUT2D eigenvalue weighted by molar-refractivity contribution is 0.650. The monoisotopic (exact) mass is 305 g/mol. The molecule has 4 nitrogen and oxygen atoms in total. The third-order valence-corrected chi connectivity index (χ3v) is 4.37. The Labute approximate surface area is 119 Å². The maximum absolute atomic E-state index is 11.9. The molecule has 1 unspecified atom stereocenters. The summed E-state index contributed by atoms with van der Waals surface area (Å²) in [5.74, 6) is 0. The first-order valence-corrected chi connectivity index (χ1v) is 8.01. The average molecular weight is 306 g/mol. The van der Waals surface area contributed by atoms with Crippen LogP contribution in [-0.2, 0) is 11.0 Å². The van der Waals surface area contributed by atoms with Gasteiger partial charge in [-0.2, -0.15) is 4.40 Å². The lowest BCUT2D eigenvalue weighted by Crippen LogP contribution is -2.20. The zero-order chi connectivity index (χ0) is 13.9. The molecule has 0 aliphatic heterocycles. The van der Waals surface area contributed by atoms with Gasteiger partial charge in [0.2, 0.25) is 0 Å². The number of hydrogen-bond donors (Lipinski definition) is 0. The first-order valence-electron chi connectivity index (χ1n) is 5.30. The predicted molar refractivity (Wildman–Crippen MR) is 78.9 cm³/mol. The van der Waals surface area contributed by atoms with Crippen molar-refractivity contribution in [2.24, 2.45) is 4.40 Å². The van der Waals surface area contributed by atoms with E-state index < -0.39 is 15.7 Å². The van der Waals surface area contributed by atoms with Crippen LogP contribution in [0.1, 0.15) is 33.3 Å². The minimum Gasteiger partial charge on any atom is -0.234 e. The smallest absolute Gasteiger partial charge is 0.188 e. The van der Waals surface area contributed by atoms with E-state index in [0.29, 0.717) is 21.6 Å². The molecule has 0 aliphatic rings. The van der Waals surface area contributed by atoms with Crippen LogP contribution in [0.15, 0.2) is 15.8 Å². The molecule has 1 rings (SSSR count). The van der Waals surface area contributed by atoms with Crippen molar-refractivity contribution < 1.29 is 4.21 Å². The molecule has 1 atom stereocenters. The maximum Gasteiger partial charge on any atom is 0.188 e. The molecule has 0 fully saturated rings. The van der Waals surface area contributed by atoms with Crippen molar-refractivity contribution in [2.75, 3.05) is 6.26 Å². The zero-order valence-corrected chi connectivity index (χ0v) is 13.4. The van der Waals surface area contributed by atoms with Crippen LogP contribution in [0.3, 0.4) is 0 Å². The molecule has 0 radical (unpaired) electrons. The van der Waals surface area contributed by atoms with E-state index in [1.165, 1.54) is 11.8 Å². The zero-order valence-electron chi connectivity index (χ0n) is 11.0. The Morgan fingerprint density at radius 2 is 2.11 bits per heavy atom. The normalized spacial score (nSPS) is 14.7. The van der Waals surface area contributed by atoms with Gasteiger partial charge >= 0.3 is 0 Å². The molecule has 0 bridgehead atoms. The van der Waals surface area contributed by atoms with Crippen molar-refractivity contribution in [3.8, 4) is 0 Å². The van der Waals surface area contributed by atoms with Gasteiger partial charge in [-0.15, -0.1) is 0 Å². The molecule has 0 saturated carbocycles. The molecule has 0 saturated heterocycles. The van der Waals surface area contributed by atoms with Gasteiger partial charge in [0.1, 0.15) is 16.1 Å². The van der Waals surface area contributed by atoms with E-state index in [1.54, 1.807) is 13.1 Å². The van der Waals surface area contributed by atoms with E-state index in [4.69, 9.17) is 11.6 Å². The fraction of sp³-hybridized carbons (Fsp3) is 0.545. The van der Waals surface area contributed by atoms with Crippen molar-refractivity contribution in [2.45, 2.75) is 37.6 Å². The van der Waals surface area contributed by atoms with E-state index in [9.17, 15) is 4.21 Å². The summed E-state index contributed by atoms with van der Waals surface area (Å²) in [5, 5.41) is 0.940. The Kier molecular flexibility index (Phi) is 5.31. The van der Waals surface area contributed by atoms with E-state index in [0.717, 1.165) is 0 Å². The second-order valence-electron chi connectivity index (χ2n) is 4.60. The highest BCUT2D eigenvalue weighted by molar-refractivity contribution is 7.98. The number of nitrogens with zero attached hydrogens (tertiary/aromatic N) is 3. The third-order valence-electron chi connectivity index (χ3n) is 2.04. The molecule has 0 aliphatic carbocycles. The maximum atomic E-state index is 11.9. The van der Waals surface area contributed by atoms with Gasteiger partial charge in [0.05, 0.1) is 16.0 Å². The number of halogens is 1. The molecule has 0 N–H and O–H groups in total. The van der Waals surface area contributed by atoms with Crippen LogP contribution in [0.5, 0.6) is 0 Å². The molecule has 100 valence electrons. The summed E-state index contributed by atoms with van der Waals surface area (Å²) < 4.78 is 15.7. The number of aromatic nitrogens is 2. The van der Waals surface area contributed by atoms with Gasteiger partial charge in [-0.1, -0.05) is 23.4 Å². The highest BCUT2D eigenvalue weighted by atomic mass is 35.5. The summed E-state index contributed by atoms with van der Waals surface area (Å²) >= 11 is 7.47. The second kappa shape index (κ2) is 6.12. The first kappa shape index (κ1) is 15.6. The van der Waals surface area contributed by atoms with Crippen LogP contribution in [0, 0.1) is 0 Å². The van der Waals surface area contributed by atoms with Crippen LogP contribution in [-0.4, -0.2) is 30.9 Å². The van der Waals surface area contributed by atoms with Crippen LogP contribution < -0.4 is 0 Å². The Hall–Kier alpha value is -0.460. The van der Waals surface area contributed by atoms with Gasteiger partial charge in [0.25, 0.3) is 0 Å². The van der Waals surface area contributed by atoms with E-state index in [-0.39, 0.29) is 0 Å². The first-order chi connectivity index (χ1) is 8.25. The average Bonchev–Trinajstić information content (AvgIpc) is 2.27. The van der Waals surface area contributed by atoms with Crippen LogP contribution in [0.25, 0.3) is 0 Å². The largest absolute Gasteiger partial charge is 0.234 e. The molecule has 0 aromatic carbocycles. The molecule has 18 heavy (non-hydrogen) atoms. The second-order valence-corrected chi connectivity index (χ2v) is 7.64. The Morgan fingerprint density at radius 3 is 2.56 bits per heavy atom. The summed E-state index contributed by atoms with van der Waals surface area (Å²) in [6.45, 7) is 7.37. The van der Waals surface area contributed by atoms with Gasteiger partial charge in [0.15, 0.2) is 5.16 Å². The van der Waals surface area contributed by atoms with E-state index in [1.807, 2.05) is 27.0 Å². The lowest BCUT2D eigenvalue weighted by Gasteiger charge is -2.14. The van der Waals surface area contributed by atoms with Crippen LogP contribution in [0.2, 0.25) is 5.15 Å². The molecule has 1 aromatic rings. The Morgan fingerprint density at radius 1 is 1.50 bits per heavy atom. The van der Waals surface area contributed by atoms with Gasteiger partial charge in [-0.05, 0) is 34.0 Å². The van der Waals surface area contributed by atoms with Crippen LogP contribution >= 0.6 is 23.4 Å². The highest BCUT2D eigenvalue weighted by Gasteiger charge is 2.20.